The van der Waals surface area contributed by atoms with Gasteiger partial charge in [-0.1, -0.05) is 382 Å². The van der Waals surface area contributed by atoms with Gasteiger partial charge in [0.1, 0.15) is 19.3 Å². The molecular weight excluding hydrogens is 1330 g/mol. The number of carbonyl (C=O) groups is 4. The molecule has 0 rings (SSSR count). The highest BCUT2D eigenvalue weighted by Crippen LogP contribution is 2.45. The fourth-order valence-corrected chi connectivity index (χ4v) is 14.4. The summed E-state index contributed by atoms with van der Waals surface area (Å²) in [6, 6.07) is 0. The molecule has 0 aliphatic carbocycles. The summed E-state index contributed by atoms with van der Waals surface area (Å²) in [4.78, 5) is 73.1. The summed E-state index contributed by atoms with van der Waals surface area (Å²) in [6.45, 7) is 12.0. The lowest BCUT2D eigenvalue weighted by Gasteiger charge is -2.21. The number of hydrogen-bond acceptors (Lipinski definition) is 15. The SMILES string of the molecule is CCCCCCCCCCCCCCCCCCCCCCCC(=O)O[C@H](COC(=O)CCCCCCCCCCCCCCCC(C)C)COP(=O)(O)OC[C@@H](O)COP(=O)(O)OC[C@@H](COC(=O)CCCCCCCCCCC(C)C)OC(=O)CCCCCCCCCCCCC(C)CC. The molecule has 0 aliphatic heterocycles. The van der Waals surface area contributed by atoms with Crippen LogP contribution in [-0.2, 0) is 65.4 Å². The standard InChI is InChI=1S/C83H162O17P2/c1-8-10-11-12-13-14-15-16-17-18-19-20-21-22-23-26-30-36-45-52-59-66-82(87)99-78(70-93-80(85)64-57-50-43-35-29-27-24-25-28-33-40-47-54-61-74(3)4)72-97-101(89,90)95-68-77(84)69-96-102(91,92)98-73-79(71-94-81(86)65-58-51-44-39-38-41-48-55-62-75(5)6)100-83(88)67-60-53-46-37-32-31-34-42-49-56-63-76(7)9-2/h74-79,84H,8-73H2,1-7H3,(H,89,90)(H,91,92)/t76?,77-,78-,79-/m1/s1. The number of ether oxygens (including phenoxy) is 4. The van der Waals surface area contributed by atoms with E-state index in [1.54, 1.807) is 0 Å². The molecule has 0 bridgehead atoms. The molecule has 19 heteroatoms. The third-order valence-corrected chi connectivity index (χ3v) is 21.6. The van der Waals surface area contributed by atoms with Gasteiger partial charge < -0.3 is 33.8 Å². The maximum Gasteiger partial charge on any atom is 0.472 e. The number of hydrogen-bond donors (Lipinski definition) is 3. The number of phosphoric ester groups is 2. The van der Waals surface area contributed by atoms with Gasteiger partial charge in [-0.25, -0.2) is 9.13 Å². The van der Waals surface area contributed by atoms with Gasteiger partial charge in [-0.3, -0.25) is 37.3 Å². The van der Waals surface area contributed by atoms with Crippen molar-refractivity contribution in [1.29, 1.82) is 0 Å². The number of esters is 4. The van der Waals surface area contributed by atoms with Gasteiger partial charge in [0, 0.05) is 25.7 Å². The molecule has 17 nitrogen and oxygen atoms in total. The second kappa shape index (κ2) is 73.2. The van der Waals surface area contributed by atoms with Gasteiger partial charge in [-0.2, -0.15) is 0 Å². The molecule has 0 aromatic carbocycles. The van der Waals surface area contributed by atoms with Gasteiger partial charge in [0.25, 0.3) is 0 Å². The summed E-state index contributed by atoms with van der Waals surface area (Å²) in [6.07, 6.45) is 62.5. The van der Waals surface area contributed by atoms with Crippen LogP contribution in [-0.4, -0.2) is 96.7 Å². The normalized spacial score (nSPS) is 14.2. The Bertz CT molecular complexity index is 1980. The van der Waals surface area contributed by atoms with Crippen LogP contribution >= 0.6 is 15.6 Å². The molecule has 0 amide bonds. The third kappa shape index (κ3) is 74.9. The predicted molar refractivity (Wildman–Crippen MR) is 418 cm³/mol. The lowest BCUT2D eigenvalue weighted by Crippen LogP contribution is -2.30. The molecule has 0 saturated heterocycles. The van der Waals surface area contributed by atoms with E-state index in [9.17, 15) is 43.2 Å². The molecular formula is C83H162O17P2. The molecule has 0 aliphatic rings. The summed E-state index contributed by atoms with van der Waals surface area (Å²) in [5.74, 6) is 0.210. The highest BCUT2D eigenvalue weighted by atomic mass is 31.2. The Balaban J connectivity index is 5.24. The van der Waals surface area contributed by atoms with Crippen LogP contribution in [0.4, 0.5) is 0 Å². The molecule has 0 aromatic heterocycles. The monoisotopic (exact) mass is 1490 g/mol. The minimum Gasteiger partial charge on any atom is -0.462 e. The van der Waals surface area contributed by atoms with Crippen molar-refractivity contribution >= 4 is 39.5 Å². The van der Waals surface area contributed by atoms with Crippen molar-refractivity contribution in [3.8, 4) is 0 Å². The summed E-state index contributed by atoms with van der Waals surface area (Å²) >= 11 is 0. The molecule has 0 spiro atoms. The van der Waals surface area contributed by atoms with Crippen LogP contribution in [0.25, 0.3) is 0 Å². The van der Waals surface area contributed by atoms with E-state index in [0.29, 0.717) is 25.7 Å². The van der Waals surface area contributed by atoms with Crippen molar-refractivity contribution in [2.45, 2.75) is 452 Å². The molecule has 3 unspecified atom stereocenters. The summed E-state index contributed by atoms with van der Waals surface area (Å²) in [5, 5.41) is 10.7. The molecule has 0 aromatic rings. The maximum atomic E-state index is 13.1. The van der Waals surface area contributed by atoms with Gasteiger partial charge in [0.2, 0.25) is 0 Å². The van der Waals surface area contributed by atoms with Crippen LogP contribution in [0.3, 0.4) is 0 Å². The van der Waals surface area contributed by atoms with Gasteiger partial charge in [0.15, 0.2) is 12.2 Å². The average molecular weight is 1490 g/mol. The smallest absolute Gasteiger partial charge is 0.462 e. The Morgan fingerprint density at radius 2 is 0.500 bits per heavy atom. The lowest BCUT2D eigenvalue weighted by molar-refractivity contribution is -0.161. The van der Waals surface area contributed by atoms with Gasteiger partial charge in [0.05, 0.1) is 26.4 Å². The van der Waals surface area contributed by atoms with Crippen molar-refractivity contribution < 1.29 is 80.2 Å². The highest BCUT2D eigenvalue weighted by Gasteiger charge is 2.30. The quantitative estimate of drug-likeness (QED) is 0.0222. The van der Waals surface area contributed by atoms with E-state index < -0.39 is 97.5 Å². The lowest BCUT2D eigenvalue weighted by atomic mass is 9.99. The highest BCUT2D eigenvalue weighted by molar-refractivity contribution is 7.47. The van der Waals surface area contributed by atoms with Crippen LogP contribution in [0, 0.1) is 17.8 Å². The Hall–Kier alpha value is -1.94. The molecule has 0 fully saturated rings. The van der Waals surface area contributed by atoms with Crippen molar-refractivity contribution in [1.82, 2.24) is 0 Å². The van der Waals surface area contributed by atoms with E-state index in [4.69, 9.17) is 37.0 Å². The van der Waals surface area contributed by atoms with E-state index in [1.165, 1.54) is 244 Å². The molecule has 6 atom stereocenters. The van der Waals surface area contributed by atoms with Crippen LogP contribution in [0.15, 0.2) is 0 Å². The molecule has 0 radical (unpaired) electrons. The summed E-state index contributed by atoms with van der Waals surface area (Å²) in [7, 11) is -9.92. The van der Waals surface area contributed by atoms with E-state index in [2.05, 4.69) is 48.5 Å². The zero-order chi connectivity index (χ0) is 75.1. The minimum atomic E-state index is -4.96. The first-order valence-electron chi connectivity index (χ1n) is 42.9. The van der Waals surface area contributed by atoms with Gasteiger partial charge >= 0.3 is 39.5 Å². The molecule has 606 valence electrons. The van der Waals surface area contributed by atoms with E-state index in [-0.39, 0.29) is 25.7 Å². The van der Waals surface area contributed by atoms with Gasteiger partial charge in [-0.15, -0.1) is 0 Å². The van der Waals surface area contributed by atoms with Crippen LogP contribution in [0.1, 0.15) is 434 Å². The summed E-state index contributed by atoms with van der Waals surface area (Å²) < 4.78 is 68.8. The number of unbranched alkanes of at least 4 members (excludes halogenated alkanes) is 48. The minimum absolute atomic E-state index is 0.106. The predicted octanol–water partition coefficient (Wildman–Crippen LogP) is 24.9. The first-order chi connectivity index (χ1) is 49.3. The van der Waals surface area contributed by atoms with Crippen LogP contribution < -0.4 is 0 Å². The largest absolute Gasteiger partial charge is 0.472 e. The number of rotatable bonds is 81. The first kappa shape index (κ1) is 100. The topological polar surface area (TPSA) is 237 Å². The fraction of sp³-hybridized carbons (Fsp3) is 0.952. The zero-order valence-corrected chi connectivity index (χ0v) is 68.9. The molecule has 102 heavy (non-hydrogen) atoms. The van der Waals surface area contributed by atoms with Crippen LogP contribution in [0.2, 0.25) is 0 Å². The fourth-order valence-electron chi connectivity index (χ4n) is 12.8. The zero-order valence-electron chi connectivity index (χ0n) is 67.1. The Kier molecular flexibility index (Phi) is 71.8. The second-order valence-corrected chi connectivity index (χ2v) is 34.0. The van der Waals surface area contributed by atoms with Crippen molar-refractivity contribution in [2.24, 2.45) is 17.8 Å². The first-order valence-corrected chi connectivity index (χ1v) is 45.9. The van der Waals surface area contributed by atoms with E-state index >= 15 is 0 Å². The van der Waals surface area contributed by atoms with Crippen molar-refractivity contribution in [3.05, 3.63) is 0 Å². The Labute approximate surface area is 626 Å². The van der Waals surface area contributed by atoms with E-state index in [0.717, 1.165) is 108 Å². The van der Waals surface area contributed by atoms with Gasteiger partial charge in [-0.05, 0) is 43.4 Å². The van der Waals surface area contributed by atoms with E-state index in [1.807, 2.05) is 0 Å². The summed E-state index contributed by atoms with van der Waals surface area (Å²) in [5.41, 5.74) is 0. The molecule has 3 N–H and O–H groups in total. The third-order valence-electron chi connectivity index (χ3n) is 19.7. The maximum absolute atomic E-state index is 13.1. The second-order valence-electron chi connectivity index (χ2n) is 31.1. The number of aliphatic hydroxyl groups is 1. The Morgan fingerprint density at radius 3 is 0.745 bits per heavy atom. The average Bonchev–Trinajstić information content (AvgIpc) is 0.966. The van der Waals surface area contributed by atoms with Crippen LogP contribution in [0.5, 0.6) is 0 Å². The molecule has 0 heterocycles. The van der Waals surface area contributed by atoms with Crippen molar-refractivity contribution in [3.63, 3.8) is 0 Å². The number of phosphoric acid groups is 2. The molecule has 0 saturated carbocycles. The Morgan fingerprint density at radius 1 is 0.284 bits per heavy atom. The number of aliphatic hydroxyl groups excluding tert-OH is 1. The number of carbonyl (C=O) groups excluding carboxylic acids is 4. The van der Waals surface area contributed by atoms with Crippen molar-refractivity contribution in [2.75, 3.05) is 39.6 Å².